The van der Waals surface area contributed by atoms with Crippen LogP contribution in [0.2, 0.25) is 0 Å². The molecule has 0 bridgehead atoms. The molecule has 0 amide bonds. The number of rotatable bonds is 74. The van der Waals surface area contributed by atoms with Gasteiger partial charge in [0.25, 0.3) is 0 Å². The first kappa shape index (κ1) is 101. The first-order valence-electron chi connectivity index (χ1n) is 45.6. The predicted molar refractivity (Wildman–Crippen MR) is 456 cm³/mol. The summed E-state index contributed by atoms with van der Waals surface area (Å²) in [5.74, 6) is 3.04. The van der Waals surface area contributed by atoms with Gasteiger partial charge in [0.1, 0.15) is 5.57 Å². The van der Waals surface area contributed by atoms with Crippen LogP contribution in [-0.2, 0) is 29.3 Å². The van der Waals surface area contributed by atoms with E-state index in [1.54, 1.807) is 0 Å². The summed E-state index contributed by atoms with van der Waals surface area (Å²) in [6.07, 6.45) is 104. The molecule has 2 aromatic rings. The Labute approximate surface area is 645 Å². The molecular weight excluding hydrogens is 1260 g/mol. The average molecular weight is 1440 g/mol. The molecule has 0 aliphatic heterocycles. The molecule has 2 rings (SSSR count). The summed E-state index contributed by atoms with van der Waals surface area (Å²) in [6.45, 7) is 21.5. The van der Waals surface area contributed by atoms with Crippen molar-refractivity contribution in [3.8, 4) is 0 Å². The summed E-state index contributed by atoms with van der Waals surface area (Å²) in [4.78, 5) is 3.50. The van der Waals surface area contributed by atoms with Crippen LogP contribution in [0.1, 0.15) is 513 Å². The molecule has 0 N–H and O–H groups in total. The quantitative estimate of drug-likeness (QED) is 0.0120. The summed E-state index contributed by atoms with van der Waals surface area (Å²) < 4.78 is 0. The third kappa shape index (κ3) is 70.3. The van der Waals surface area contributed by atoms with Crippen LogP contribution in [-0.4, -0.2) is 10.7 Å². The molecule has 0 unspecified atom stereocenters. The monoisotopic (exact) mass is 1440 g/mol. The van der Waals surface area contributed by atoms with Gasteiger partial charge in [0.05, 0.1) is 0 Å². The number of unbranched alkanes of at least 4 members (excludes halogenated alkanes) is 63. The van der Waals surface area contributed by atoms with E-state index >= 15 is 0 Å². The van der Waals surface area contributed by atoms with E-state index in [0.717, 1.165) is 50.5 Å². The molecule has 2 nitrogen and oxygen atoms in total. The summed E-state index contributed by atoms with van der Waals surface area (Å²) in [5, 5.41) is 0. The summed E-state index contributed by atoms with van der Waals surface area (Å²) >= 11 is 0. The van der Waals surface area contributed by atoms with E-state index in [1.807, 2.05) is 0 Å². The van der Waals surface area contributed by atoms with E-state index in [9.17, 15) is 5.53 Å². The van der Waals surface area contributed by atoms with Crippen molar-refractivity contribution < 1.29 is 21.3 Å². The topological polar surface area (TPSA) is 36.4 Å². The van der Waals surface area contributed by atoms with E-state index in [2.05, 4.69) is 127 Å². The fourth-order valence-electron chi connectivity index (χ4n) is 14.6. The van der Waals surface area contributed by atoms with E-state index in [1.165, 1.54) is 451 Å². The Kier molecular flexibility index (Phi) is 86.2. The Morgan fingerprint density at radius 3 is 0.782 bits per heavy atom. The Hall–Kier alpha value is -2.43. The zero-order valence-corrected chi connectivity index (χ0v) is 70.3. The van der Waals surface area contributed by atoms with Crippen molar-refractivity contribution in [3.05, 3.63) is 113 Å². The van der Waals surface area contributed by atoms with Gasteiger partial charge >= 0.3 is 22.4 Å². The van der Waals surface area contributed by atoms with Crippen molar-refractivity contribution >= 4 is 11.4 Å². The summed E-state index contributed by atoms with van der Waals surface area (Å²) in [5.41, 5.74) is 18.6. The van der Waals surface area contributed by atoms with Gasteiger partial charge in [-0.25, -0.2) is 0 Å². The first-order chi connectivity index (χ1) is 49.5. The number of hydrogen-bond acceptors (Lipinski definition) is 0. The number of hydrogen-bond donors (Lipinski definition) is 0. The van der Waals surface area contributed by atoms with Crippen LogP contribution < -0.4 is 0 Å². The van der Waals surface area contributed by atoms with E-state index in [4.69, 9.17) is 0 Å². The van der Waals surface area contributed by atoms with Crippen molar-refractivity contribution in [2.75, 3.05) is 0 Å². The minimum Gasteiger partial charge on any atom is -0.348 e. The number of benzene rings is 2. The van der Waals surface area contributed by atoms with Gasteiger partial charge < -0.3 is 19.4 Å². The minimum atomic E-state index is 0. The Bertz CT molecular complexity index is 1960. The first-order valence-corrected chi connectivity index (χ1v) is 45.6. The van der Waals surface area contributed by atoms with E-state index < -0.39 is 0 Å². The van der Waals surface area contributed by atoms with Gasteiger partial charge in [-0.2, -0.15) is 12.8 Å². The number of aryl methyl sites for hydroxylation is 2. The largest absolute Gasteiger partial charge is 2.00 e. The molecule has 0 heterocycles. The maximum absolute atomic E-state index is 9.85. The molecule has 0 aliphatic rings. The van der Waals surface area contributed by atoms with Gasteiger partial charge in [-0.15, -0.1) is 4.79 Å². The van der Waals surface area contributed by atoms with Gasteiger partial charge in [-0.1, -0.05) is 494 Å². The van der Waals surface area contributed by atoms with Gasteiger partial charge in [0.15, 0.2) is 0 Å². The van der Waals surface area contributed by atoms with E-state index in [-0.39, 0.29) is 16.5 Å². The number of nitrogens with zero attached hydrogens (tertiary/aromatic N) is 2. The summed E-state index contributed by atoms with van der Waals surface area (Å²) in [6, 6.07) is 18.6. The Balaban J connectivity index is 0. The van der Waals surface area contributed by atoms with Gasteiger partial charge in [-0.05, 0) is 90.8 Å². The van der Waals surface area contributed by atoms with Gasteiger partial charge in [-0.3, -0.25) is 0 Å². The van der Waals surface area contributed by atoms with E-state index in [0.29, 0.717) is 0 Å². The smallest absolute Gasteiger partial charge is 0.348 e. The molecule has 0 aliphatic carbocycles. The van der Waals surface area contributed by atoms with Crippen LogP contribution in [0, 0.1) is 13.8 Å². The molecule has 101 heavy (non-hydrogen) atoms. The molecule has 0 spiro atoms. The molecule has 3 heteroatoms. The van der Waals surface area contributed by atoms with Crippen LogP contribution in [0.5, 0.6) is 0 Å². The van der Waals surface area contributed by atoms with Crippen LogP contribution in [0.3, 0.4) is 0 Å². The standard InChI is InChI=1S/C48H74N2.2C25H51.Ni/c1-5-9-13-16-18-19-20-21-22-23-25-27-31-46(41-50-49)47(32-28-15-11-7-3)48(44-37-33-42(34-38-44)29-12-8-4)45-39-35-43(36-40-45)30-26-24-17-14-10-6-2;2*1-3-5-7-9-11-13-15-17-19-21-23-25-24-22-20-18-16-14-12-10-8-6-4-2;/h27,31,33-40H,5-26,28-30,32H2,1-4H3;2*1,3-25H2,2H3;/q;2*-1;+2. The fraction of sp³-hybridized carbons (Fsp3) is 0.796. The van der Waals surface area contributed by atoms with Crippen LogP contribution in [0.4, 0.5) is 0 Å². The zero-order valence-electron chi connectivity index (χ0n) is 69.3. The maximum Gasteiger partial charge on any atom is 2.00 e. The molecule has 0 fully saturated rings. The normalized spacial score (nSPS) is 11.4. The van der Waals surface area contributed by atoms with Crippen molar-refractivity contribution in [3.63, 3.8) is 0 Å². The molecular formula is C98H176N2Ni. The van der Waals surface area contributed by atoms with Gasteiger partial charge in [0.2, 0.25) is 0 Å². The van der Waals surface area contributed by atoms with Crippen LogP contribution in [0.25, 0.3) is 11.1 Å². The maximum atomic E-state index is 9.85. The average Bonchev–Trinajstić information content (AvgIpc) is 0.807. The van der Waals surface area contributed by atoms with Gasteiger partial charge in [0, 0.05) is 0 Å². The van der Waals surface area contributed by atoms with Crippen LogP contribution >= 0.6 is 0 Å². The molecule has 0 saturated carbocycles. The van der Waals surface area contributed by atoms with Crippen LogP contribution in [0.15, 0.2) is 71.8 Å². The second kappa shape index (κ2) is 86.5. The SMILES string of the molecule is CCCCCCCCCCCCC=CC(=C=[N+]=[N-])C(CCCCCC)=C(c1ccc(CCCC)cc1)c1ccc(CCCCCCCC)cc1.[CH2-]CCCCCCCCCCCCCCCCCCCCCCCC.[CH2-]CCCCCCCCCCCCCCCCCCCCCCCC.[Ni+2]. The van der Waals surface area contributed by atoms with Crippen molar-refractivity contribution in [1.29, 1.82) is 0 Å². The molecule has 0 aromatic heterocycles. The Morgan fingerprint density at radius 2 is 0.525 bits per heavy atom. The fourth-order valence-corrected chi connectivity index (χ4v) is 14.6. The summed E-state index contributed by atoms with van der Waals surface area (Å²) in [7, 11) is 0. The molecule has 0 atom stereocenters. The third-order valence-corrected chi connectivity index (χ3v) is 21.4. The molecule has 2 aromatic carbocycles. The third-order valence-electron chi connectivity index (χ3n) is 21.4. The molecule has 0 radical (unpaired) electrons. The van der Waals surface area contributed by atoms with Crippen molar-refractivity contribution in [2.24, 2.45) is 0 Å². The molecule has 588 valence electrons. The number of allylic oxidation sites excluding steroid dienone is 4. The second-order valence-electron chi connectivity index (χ2n) is 31.2. The van der Waals surface area contributed by atoms with Crippen molar-refractivity contribution in [2.45, 2.75) is 504 Å². The minimum absolute atomic E-state index is 0. The zero-order chi connectivity index (χ0) is 72.4. The second-order valence-corrected chi connectivity index (χ2v) is 31.2. The predicted octanol–water partition coefficient (Wildman–Crippen LogP) is 35.0. The Morgan fingerprint density at radius 1 is 0.297 bits per heavy atom. The molecule has 0 saturated heterocycles. The van der Waals surface area contributed by atoms with Crippen molar-refractivity contribution in [1.82, 2.24) is 0 Å².